The number of alkyl halides is 1. The van der Waals surface area contributed by atoms with E-state index in [2.05, 4.69) is 15.9 Å². The van der Waals surface area contributed by atoms with Gasteiger partial charge in [0, 0.05) is 17.6 Å². The smallest absolute Gasteiger partial charge is 0.263 e. The average Bonchev–Trinajstić information content (AvgIpc) is 2.45. The van der Waals surface area contributed by atoms with E-state index in [4.69, 9.17) is 5.73 Å². The Hall–Kier alpha value is -1.36. The number of nitrogens with two attached hydrogens (primary N) is 1. The zero-order chi connectivity index (χ0) is 11.0. The third-order valence-electron chi connectivity index (χ3n) is 2.34. The summed E-state index contributed by atoms with van der Waals surface area (Å²) in [5.41, 5.74) is 6.78. The average molecular weight is 269 g/mol. The van der Waals surface area contributed by atoms with Gasteiger partial charge in [0.1, 0.15) is 0 Å². The first kappa shape index (κ1) is 10.2. The zero-order valence-electron chi connectivity index (χ0n) is 7.87. The molecule has 0 radical (unpaired) electrons. The molecule has 0 atom stereocenters. The Kier molecular flexibility index (Phi) is 2.48. The Morgan fingerprint density at radius 1 is 1.27 bits per heavy atom. The van der Waals surface area contributed by atoms with Crippen LogP contribution in [0.3, 0.4) is 0 Å². The van der Waals surface area contributed by atoms with Crippen molar-refractivity contribution >= 4 is 33.4 Å². The van der Waals surface area contributed by atoms with Gasteiger partial charge in [0.05, 0.1) is 11.1 Å². The van der Waals surface area contributed by atoms with Crippen LogP contribution in [0.5, 0.6) is 0 Å². The molecule has 5 heteroatoms. The summed E-state index contributed by atoms with van der Waals surface area (Å²) in [5.74, 6) is -0.561. The van der Waals surface area contributed by atoms with Gasteiger partial charge in [-0.2, -0.15) is 0 Å². The van der Waals surface area contributed by atoms with Crippen molar-refractivity contribution in [3.63, 3.8) is 0 Å². The highest BCUT2D eigenvalue weighted by atomic mass is 79.9. The van der Waals surface area contributed by atoms with Crippen molar-refractivity contribution in [3.05, 3.63) is 29.3 Å². The lowest BCUT2D eigenvalue weighted by molar-refractivity contribution is 0.0665. The zero-order valence-corrected chi connectivity index (χ0v) is 9.45. The van der Waals surface area contributed by atoms with Crippen molar-refractivity contribution < 1.29 is 9.59 Å². The second-order valence-corrected chi connectivity index (χ2v) is 4.01. The van der Waals surface area contributed by atoms with Crippen LogP contribution in [0.1, 0.15) is 20.7 Å². The number of nitrogens with zero attached hydrogens (tertiary/aromatic N) is 1. The first-order valence-electron chi connectivity index (χ1n) is 4.47. The number of hydrogen-bond donors (Lipinski definition) is 1. The highest BCUT2D eigenvalue weighted by Gasteiger charge is 2.36. The van der Waals surface area contributed by atoms with Crippen LogP contribution >= 0.6 is 15.9 Å². The van der Waals surface area contributed by atoms with Crippen LogP contribution < -0.4 is 5.73 Å². The molecule has 0 saturated heterocycles. The number of fused-ring (bicyclic) bond motifs is 1. The van der Waals surface area contributed by atoms with Crippen LogP contribution in [-0.4, -0.2) is 28.6 Å². The maximum Gasteiger partial charge on any atom is 0.263 e. The third kappa shape index (κ3) is 1.43. The minimum Gasteiger partial charge on any atom is -0.398 e. The molecule has 0 unspecified atom stereocenters. The van der Waals surface area contributed by atoms with Gasteiger partial charge < -0.3 is 5.73 Å². The normalized spacial score (nSPS) is 14.6. The molecule has 0 aliphatic carbocycles. The van der Waals surface area contributed by atoms with E-state index in [-0.39, 0.29) is 11.8 Å². The number of carbonyl (C=O) groups excluding carboxylic acids is 2. The summed E-state index contributed by atoms with van der Waals surface area (Å²) in [7, 11) is 0. The summed E-state index contributed by atoms with van der Waals surface area (Å²) < 4.78 is 0. The highest BCUT2D eigenvalue weighted by Crippen LogP contribution is 2.27. The van der Waals surface area contributed by atoms with Crippen LogP contribution in [-0.2, 0) is 0 Å². The molecule has 2 rings (SSSR count). The van der Waals surface area contributed by atoms with E-state index in [0.717, 1.165) is 0 Å². The van der Waals surface area contributed by atoms with Gasteiger partial charge in [-0.15, -0.1) is 0 Å². The largest absolute Gasteiger partial charge is 0.398 e. The molecule has 1 aliphatic rings. The van der Waals surface area contributed by atoms with Gasteiger partial charge >= 0.3 is 0 Å². The predicted octanol–water partition coefficient (Wildman–Crippen LogP) is 1.26. The van der Waals surface area contributed by atoms with Crippen LogP contribution in [0, 0.1) is 0 Å². The second-order valence-electron chi connectivity index (χ2n) is 3.22. The lowest BCUT2D eigenvalue weighted by Crippen LogP contribution is -2.31. The molecule has 1 heterocycles. The number of anilines is 1. The Bertz CT molecular complexity index is 445. The van der Waals surface area contributed by atoms with E-state index in [1.807, 2.05) is 0 Å². The fourth-order valence-corrected chi connectivity index (χ4v) is 2.00. The van der Waals surface area contributed by atoms with Crippen molar-refractivity contribution in [2.24, 2.45) is 0 Å². The summed E-state index contributed by atoms with van der Waals surface area (Å²) in [6, 6.07) is 4.93. The standard InChI is InChI=1S/C10H9BrN2O2/c11-4-5-13-9(14)6-2-1-3-7(12)8(6)10(13)15/h1-3H,4-5,12H2. The second kappa shape index (κ2) is 3.66. The number of amides is 2. The van der Waals surface area contributed by atoms with Crippen molar-refractivity contribution in [1.82, 2.24) is 4.90 Å². The van der Waals surface area contributed by atoms with Crippen LogP contribution in [0.4, 0.5) is 5.69 Å². The first-order chi connectivity index (χ1) is 7.16. The van der Waals surface area contributed by atoms with Crippen molar-refractivity contribution in [2.75, 3.05) is 17.6 Å². The number of halogens is 1. The lowest BCUT2D eigenvalue weighted by Gasteiger charge is -2.10. The van der Waals surface area contributed by atoms with Crippen LogP contribution in [0.2, 0.25) is 0 Å². The quantitative estimate of drug-likeness (QED) is 0.499. The molecule has 0 saturated carbocycles. The predicted molar refractivity (Wildman–Crippen MR) is 60.0 cm³/mol. The number of carbonyl (C=O) groups is 2. The van der Waals surface area contributed by atoms with Gasteiger partial charge in [-0.3, -0.25) is 14.5 Å². The van der Waals surface area contributed by atoms with Gasteiger partial charge in [0.25, 0.3) is 11.8 Å². The number of hydrogen-bond acceptors (Lipinski definition) is 3. The molecule has 0 spiro atoms. The van der Waals surface area contributed by atoms with Crippen LogP contribution in [0.25, 0.3) is 0 Å². The number of imide groups is 1. The molecule has 1 aliphatic heterocycles. The Morgan fingerprint density at radius 2 is 2.00 bits per heavy atom. The number of nitrogen functional groups attached to an aromatic ring is 1. The molecule has 2 N–H and O–H groups in total. The van der Waals surface area contributed by atoms with E-state index in [1.54, 1.807) is 18.2 Å². The van der Waals surface area contributed by atoms with Crippen molar-refractivity contribution in [3.8, 4) is 0 Å². The molecule has 15 heavy (non-hydrogen) atoms. The van der Waals surface area contributed by atoms with E-state index in [0.29, 0.717) is 28.7 Å². The van der Waals surface area contributed by atoms with Gasteiger partial charge in [0.15, 0.2) is 0 Å². The SMILES string of the molecule is Nc1cccc2c1C(=O)N(CCBr)C2=O. The molecule has 0 aromatic heterocycles. The fraction of sp³-hybridized carbons (Fsp3) is 0.200. The number of benzene rings is 1. The fourth-order valence-electron chi connectivity index (χ4n) is 1.65. The number of rotatable bonds is 2. The van der Waals surface area contributed by atoms with E-state index in [9.17, 15) is 9.59 Å². The van der Waals surface area contributed by atoms with Gasteiger partial charge in [-0.1, -0.05) is 22.0 Å². The Balaban J connectivity index is 2.51. The minimum absolute atomic E-state index is 0.262. The summed E-state index contributed by atoms with van der Waals surface area (Å²) in [4.78, 5) is 24.8. The molecule has 2 amide bonds. The van der Waals surface area contributed by atoms with Gasteiger partial charge in [-0.05, 0) is 12.1 Å². The molecule has 0 bridgehead atoms. The van der Waals surface area contributed by atoms with Crippen LogP contribution in [0.15, 0.2) is 18.2 Å². The van der Waals surface area contributed by atoms with Gasteiger partial charge in [0.2, 0.25) is 0 Å². The van der Waals surface area contributed by atoms with Gasteiger partial charge in [-0.25, -0.2) is 0 Å². The third-order valence-corrected chi connectivity index (χ3v) is 2.69. The van der Waals surface area contributed by atoms with Crippen molar-refractivity contribution in [1.29, 1.82) is 0 Å². The molecular formula is C10H9BrN2O2. The molecule has 4 nitrogen and oxygen atoms in total. The molecule has 0 fully saturated rings. The molecule has 1 aromatic rings. The molecule has 1 aromatic carbocycles. The summed E-state index contributed by atoms with van der Waals surface area (Å²) in [6.45, 7) is 0.367. The molecular weight excluding hydrogens is 260 g/mol. The monoisotopic (exact) mass is 268 g/mol. The Morgan fingerprint density at radius 3 is 2.60 bits per heavy atom. The summed E-state index contributed by atoms with van der Waals surface area (Å²) >= 11 is 3.20. The summed E-state index contributed by atoms with van der Waals surface area (Å²) in [6.07, 6.45) is 0. The van der Waals surface area contributed by atoms with E-state index >= 15 is 0 Å². The van der Waals surface area contributed by atoms with Crippen molar-refractivity contribution in [2.45, 2.75) is 0 Å². The maximum atomic E-state index is 11.8. The van der Waals surface area contributed by atoms with E-state index in [1.165, 1.54) is 4.90 Å². The van der Waals surface area contributed by atoms with E-state index < -0.39 is 0 Å². The topological polar surface area (TPSA) is 63.4 Å². The first-order valence-corrected chi connectivity index (χ1v) is 5.59. The maximum absolute atomic E-state index is 11.8. The summed E-state index contributed by atoms with van der Waals surface area (Å²) in [5, 5.41) is 0.568. The molecule has 78 valence electrons. The highest BCUT2D eigenvalue weighted by molar-refractivity contribution is 9.09. The Labute approximate surface area is 95.2 Å². The minimum atomic E-state index is -0.299. The lowest BCUT2D eigenvalue weighted by atomic mass is 10.1.